The Bertz CT molecular complexity index is 76.6. The molecule has 0 rings (SSSR count). The van der Waals surface area contributed by atoms with Crippen molar-refractivity contribution in [2.75, 3.05) is 0 Å². The van der Waals surface area contributed by atoms with Crippen molar-refractivity contribution in [2.45, 2.75) is 25.9 Å². The Kier molecular flexibility index (Phi) is 3.78. The van der Waals surface area contributed by atoms with Gasteiger partial charge in [-0.2, -0.15) is 0 Å². The number of hydrogen-bond acceptors (Lipinski definition) is 0. The van der Waals surface area contributed by atoms with E-state index in [9.17, 15) is 4.39 Å². The molecule has 0 heterocycles. The predicted octanol–water partition coefficient (Wildman–Crippen LogP) is 2.28. The molecule has 0 saturated heterocycles. The molecule has 0 aliphatic rings. The molecule has 0 saturated carbocycles. The minimum Gasteiger partial charge on any atom is -0.218 e. The molecule has 48 valence electrons. The summed E-state index contributed by atoms with van der Waals surface area (Å²) < 4.78 is 12.2. The van der Waals surface area contributed by atoms with Crippen molar-refractivity contribution in [3.63, 3.8) is 0 Å². The molecule has 0 aliphatic heterocycles. The van der Waals surface area contributed by atoms with Gasteiger partial charge in [0, 0.05) is 0 Å². The van der Waals surface area contributed by atoms with E-state index in [0.717, 1.165) is 12.1 Å². The molecule has 0 unspecified atom stereocenters. The monoisotopic (exact) mass is 132 g/mol. The molecule has 0 aromatic carbocycles. The molecular formula is C6H13FSi. The van der Waals surface area contributed by atoms with E-state index in [1.165, 1.54) is 0 Å². The average Bonchev–Trinajstić information content (AvgIpc) is 1.69. The highest BCUT2D eigenvalue weighted by molar-refractivity contribution is 6.65. The highest BCUT2D eigenvalue weighted by Crippen LogP contribution is 2.07. The highest BCUT2D eigenvalue weighted by atomic mass is 28.3. The van der Waals surface area contributed by atoms with E-state index < -0.39 is 8.80 Å². The van der Waals surface area contributed by atoms with Crippen molar-refractivity contribution in [3.05, 3.63) is 12.0 Å². The van der Waals surface area contributed by atoms with Gasteiger partial charge in [0.05, 0.1) is 5.45 Å². The summed E-state index contributed by atoms with van der Waals surface area (Å²) in [6, 6.07) is 2.01. The van der Waals surface area contributed by atoms with E-state index in [-0.39, 0.29) is 5.45 Å². The van der Waals surface area contributed by atoms with Gasteiger partial charge in [0.2, 0.25) is 0 Å². The number of hydrogen-bond donors (Lipinski definition) is 0. The van der Waals surface area contributed by atoms with Crippen molar-refractivity contribution in [3.8, 4) is 0 Å². The molecule has 0 fully saturated rings. The van der Waals surface area contributed by atoms with Crippen molar-refractivity contribution >= 4 is 8.80 Å². The summed E-state index contributed by atoms with van der Waals surface area (Å²) >= 11 is 0. The lowest BCUT2D eigenvalue weighted by atomic mass is 10.9. The van der Waals surface area contributed by atoms with Gasteiger partial charge in [-0.05, 0) is 0 Å². The van der Waals surface area contributed by atoms with E-state index in [1.807, 2.05) is 13.8 Å². The van der Waals surface area contributed by atoms with Gasteiger partial charge in [-0.1, -0.05) is 32.5 Å². The summed E-state index contributed by atoms with van der Waals surface area (Å²) in [5.41, 5.74) is -0.0324. The van der Waals surface area contributed by atoms with Gasteiger partial charge in [-0.3, -0.25) is 0 Å². The maximum absolute atomic E-state index is 12.2. The summed E-state index contributed by atoms with van der Waals surface area (Å²) in [5, 5.41) is 0. The summed E-state index contributed by atoms with van der Waals surface area (Å²) in [4.78, 5) is 0. The van der Waals surface area contributed by atoms with Crippen LogP contribution in [0, 0.1) is 0 Å². The smallest absolute Gasteiger partial charge is 0.106 e. The van der Waals surface area contributed by atoms with Crippen LogP contribution in [0.2, 0.25) is 12.1 Å². The second-order valence-corrected chi connectivity index (χ2v) is 5.61. The largest absolute Gasteiger partial charge is 0.218 e. The fourth-order valence-electron chi connectivity index (χ4n) is 0.732. The van der Waals surface area contributed by atoms with Crippen molar-refractivity contribution in [1.82, 2.24) is 0 Å². The molecule has 0 atom stereocenters. The van der Waals surface area contributed by atoms with Crippen LogP contribution in [-0.4, -0.2) is 8.80 Å². The van der Waals surface area contributed by atoms with Gasteiger partial charge in [0.25, 0.3) is 0 Å². The van der Waals surface area contributed by atoms with Crippen LogP contribution in [0.5, 0.6) is 0 Å². The Morgan fingerprint density at radius 3 is 1.88 bits per heavy atom. The fourth-order valence-corrected chi connectivity index (χ4v) is 2.19. The van der Waals surface area contributed by atoms with Crippen LogP contribution < -0.4 is 0 Å². The summed E-state index contributed by atoms with van der Waals surface area (Å²) in [7, 11) is -1.13. The Labute approximate surface area is 52.0 Å². The van der Waals surface area contributed by atoms with Crippen molar-refractivity contribution in [2.24, 2.45) is 0 Å². The minimum absolute atomic E-state index is 0.0324. The summed E-state index contributed by atoms with van der Waals surface area (Å²) in [5.74, 6) is 0. The molecule has 0 bridgehead atoms. The lowest BCUT2D eigenvalue weighted by Crippen LogP contribution is -2.08. The standard InChI is InChI=1S/C6H13FSi/c1-4-8(5-2)6(3)7/h8H,3-5H2,1-2H3. The second kappa shape index (κ2) is 3.84. The van der Waals surface area contributed by atoms with Gasteiger partial charge >= 0.3 is 0 Å². The third-order valence-electron chi connectivity index (χ3n) is 1.43. The molecule has 0 amide bonds. The van der Waals surface area contributed by atoms with Gasteiger partial charge < -0.3 is 0 Å². The summed E-state index contributed by atoms with van der Waals surface area (Å²) in [6.07, 6.45) is 0. The van der Waals surface area contributed by atoms with Crippen LogP contribution in [0.15, 0.2) is 12.0 Å². The molecule has 0 aliphatic carbocycles. The zero-order valence-corrected chi connectivity index (χ0v) is 6.73. The Morgan fingerprint density at radius 2 is 1.88 bits per heavy atom. The molecule has 0 aromatic heterocycles. The first-order valence-electron chi connectivity index (χ1n) is 3.06. The third kappa shape index (κ3) is 2.26. The lowest BCUT2D eigenvalue weighted by Gasteiger charge is -2.03. The lowest BCUT2D eigenvalue weighted by molar-refractivity contribution is 0.688. The summed E-state index contributed by atoms with van der Waals surface area (Å²) in [6.45, 7) is 7.36. The number of rotatable bonds is 3. The SMILES string of the molecule is C=C(F)[SiH](CC)CC. The van der Waals surface area contributed by atoms with Crippen LogP contribution in [-0.2, 0) is 0 Å². The van der Waals surface area contributed by atoms with Crippen LogP contribution in [0.25, 0.3) is 0 Å². The van der Waals surface area contributed by atoms with Gasteiger partial charge in [0.1, 0.15) is 8.80 Å². The maximum Gasteiger partial charge on any atom is 0.106 e. The molecule has 0 aromatic rings. The zero-order valence-electron chi connectivity index (χ0n) is 5.58. The zero-order chi connectivity index (χ0) is 6.57. The quantitative estimate of drug-likeness (QED) is 0.517. The van der Waals surface area contributed by atoms with Crippen LogP contribution >= 0.6 is 0 Å². The van der Waals surface area contributed by atoms with E-state index >= 15 is 0 Å². The molecule has 0 N–H and O–H groups in total. The van der Waals surface area contributed by atoms with Crippen molar-refractivity contribution < 1.29 is 4.39 Å². The van der Waals surface area contributed by atoms with Crippen LogP contribution in [0.1, 0.15) is 13.8 Å². The first-order valence-corrected chi connectivity index (χ1v) is 5.27. The molecular weight excluding hydrogens is 119 g/mol. The van der Waals surface area contributed by atoms with Crippen LogP contribution in [0.4, 0.5) is 4.39 Å². The minimum atomic E-state index is -1.13. The predicted molar refractivity (Wildman–Crippen MR) is 38.4 cm³/mol. The normalized spacial score (nSPS) is 10.0. The molecule has 0 nitrogen and oxygen atoms in total. The molecule has 8 heavy (non-hydrogen) atoms. The van der Waals surface area contributed by atoms with E-state index in [2.05, 4.69) is 6.58 Å². The maximum atomic E-state index is 12.2. The van der Waals surface area contributed by atoms with E-state index in [4.69, 9.17) is 0 Å². The molecule has 2 heteroatoms. The topological polar surface area (TPSA) is 0 Å². The van der Waals surface area contributed by atoms with Gasteiger partial charge in [-0.15, -0.1) is 0 Å². The Morgan fingerprint density at radius 1 is 1.50 bits per heavy atom. The highest BCUT2D eigenvalue weighted by Gasteiger charge is 2.07. The Balaban J connectivity index is 3.52. The fraction of sp³-hybridized carbons (Fsp3) is 0.667. The third-order valence-corrected chi connectivity index (χ3v) is 4.29. The second-order valence-electron chi connectivity index (χ2n) is 1.96. The Hall–Kier alpha value is -0.113. The van der Waals surface area contributed by atoms with Crippen LogP contribution in [0.3, 0.4) is 0 Å². The first-order chi connectivity index (χ1) is 3.72. The molecule has 0 spiro atoms. The average molecular weight is 132 g/mol. The van der Waals surface area contributed by atoms with Gasteiger partial charge in [0.15, 0.2) is 0 Å². The van der Waals surface area contributed by atoms with E-state index in [0.29, 0.717) is 0 Å². The van der Waals surface area contributed by atoms with Gasteiger partial charge in [-0.25, -0.2) is 4.39 Å². The van der Waals surface area contributed by atoms with E-state index in [1.54, 1.807) is 0 Å². The number of halogens is 1. The molecule has 0 radical (unpaired) electrons. The van der Waals surface area contributed by atoms with Crippen molar-refractivity contribution in [1.29, 1.82) is 0 Å². The first kappa shape index (κ1) is 7.89.